The number of unbranched alkanes of at least 4 members (excludes halogenated alkanes) is 4. The minimum absolute atomic E-state index is 0.344. The lowest BCUT2D eigenvalue weighted by Crippen LogP contribution is -2.10. The Morgan fingerprint density at radius 3 is 1.85 bits per heavy atom. The fraction of sp³-hybridized carbons (Fsp3) is 0.206. The van der Waals surface area contributed by atoms with E-state index in [0.29, 0.717) is 28.2 Å². The van der Waals surface area contributed by atoms with Crippen LogP contribution < -0.4 is 9.47 Å². The summed E-state index contributed by atoms with van der Waals surface area (Å²) in [7, 11) is 0. The molecule has 4 aromatic rings. The van der Waals surface area contributed by atoms with E-state index in [4.69, 9.17) is 14.7 Å². The molecule has 0 heterocycles. The van der Waals surface area contributed by atoms with Crippen molar-refractivity contribution < 1.29 is 19.1 Å². The minimum atomic E-state index is -0.509. The summed E-state index contributed by atoms with van der Waals surface area (Å²) < 4.78 is 11.0. The van der Waals surface area contributed by atoms with Crippen LogP contribution in [0.5, 0.6) is 11.5 Å². The third-order valence-electron chi connectivity index (χ3n) is 6.44. The summed E-state index contributed by atoms with van der Waals surface area (Å²) in [6, 6.07) is 30.4. The molecule has 4 aromatic carbocycles. The maximum absolute atomic E-state index is 12.7. The largest absolute Gasteiger partial charge is 0.423 e. The molecular formula is C34H31NO4. The lowest BCUT2D eigenvalue weighted by atomic mass is 10.0. The van der Waals surface area contributed by atoms with Gasteiger partial charge in [0.15, 0.2) is 0 Å². The van der Waals surface area contributed by atoms with Crippen molar-refractivity contribution >= 4 is 11.9 Å². The fourth-order valence-electron chi connectivity index (χ4n) is 4.23. The number of nitriles is 1. The number of rotatable bonds is 11. The first-order chi connectivity index (χ1) is 19.1. The van der Waals surface area contributed by atoms with Crippen LogP contribution in [0.4, 0.5) is 0 Å². The van der Waals surface area contributed by atoms with Crippen molar-refractivity contribution in [1.82, 2.24) is 0 Å². The second-order valence-corrected chi connectivity index (χ2v) is 9.38. The topological polar surface area (TPSA) is 76.4 Å². The number of esters is 2. The Balaban J connectivity index is 1.30. The number of hydrogen-bond donors (Lipinski definition) is 0. The van der Waals surface area contributed by atoms with Crippen molar-refractivity contribution in [1.29, 1.82) is 5.26 Å². The Morgan fingerprint density at radius 2 is 1.23 bits per heavy atom. The van der Waals surface area contributed by atoms with Gasteiger partial charge in [-0.3, -0.25) is 0 Å². The molecule has 0 saturated carbocycles. The SMILES string of the molecule is CCCCCCCc1cccc(C(=O)Oc2ccc(C(=O)Oc3ccc(-c4ccc(C#N)cc4)cc3)cc2)c1. The zero-order valence-corrected chi connectivity index (χ0v) is 22.1. The van der Waals surface area contributed by atoms with Crippen LogP contribution >= 0.6 is 0 Å². The van der Waals surface area contributed by atoms with E-state index in [-0.39, 0.29) is 0 Å². The van der Waals surface area contributed by atoms with Crippen LogP contribution in [0.2, 0.25) is 0 Å². The van der Waals surface area contributed by atoms with Crippen LogP contribution in [0.3, 0.4) is 0 Å². The van der Waals surface area contributed by atoms with Gasteiger partial charge in [0.25, 0.3) is 0 Å². The standard InChI is InChI=1S/C34H31NO4/c1-2-3-4-5-6-8-25-9-7-10-30(23-25)34(37)39-32-21-17-29(18-22-32)33(36)38-31-19-15-28(16-20-31)27-13-11-26(24-35)12-14-27/h7,9-23H,2-6,8H2,1H3. The quantitative estimate of drug-likeness (QED) is 0.114. The van der Waals surface area contributed by atoms with Crippen LogP contribution in [-0.2, 0) is 6.42 Å². The van der Waals surface area contributed by atoms with Crippen molar-refractivity contribution in [2.75, 3.05) is 0 Å². The Morgan fingerprint density at radius 1 is 0.667 bits per heavy atom. The van der Waals surface area contributed by atoms with Gasteiger partial charge in [0.2, 0.25) is 0 Å². The normalized spacial score (nSPS) is 10.5. The van der Waals surface area contributed by atoms with Crippen molar-refractivity contribution in [2.45, 2.75) is 45.4 Å². The van der Waals surface area contributed by atoms with Gasteiger partial charge < -0.3 is 9.47 Å². The number of nitrogens with zero attached hydrogens (tertiary/aromatic N) is 1. The van der Waals surface area contributed by atoms with E-state index < -0.39 is 11.9 Å². The molecule has 0 bridgehead atoms. The van der Waals surface area contributed by atoms with Gasteiger partial charge in [-0.1, -0.05) is 69.0 Å². The lowest BCUT2D eigenvalue weighted by molar-refractivity contribution is 0.0730. The Hall–Kier alpha value is -4.69. The van der Waals surface area contributed by atoms with Gasteiger partial charge >= 0.3 is 11.9 Å². The van der Waals surface area contributed by atoms with E-state index >= 15 is 0 Å². The van der Waals surface area contributed by atoms with E-state index in [0.717, 1.165) is 29.5 Å². The Kier molecular flexibility index (Phi) is 9.63. The van der Waals surface area contributed by atoms with Crippen LogP contribution in [0, 0.1) is 11.3 Å². The molecule has 0 aliphatic carbocycles. The second kappa shape index (κ2) is 13.7. The van der Waals surface area contributed by atoms with Gasteiger partial charge in [-0.25, -0.2) is 9.59 Å². The van der Waals surface area contributed by atoms with E-state index in [1.165, 1.54) is 25.7 Å². The molecule has 0 aliphatic rings. The zero-order valence-electron chi connectivity index (χ0n) is 22.1. The monoisotopic (exact) mass is 517 g/mol. The molecule has 39 heavy (non-hydrogen) atoms. The second-order valence-electron chi connectivity index (χ2n) is 9.38. The average Bonchev–Trinajstić information content (AvgIpc) is 2.98. The van der Waals surface area contributed by atoms with E-state index in [9.17, 15) is 9.59 Å². The van der Waals surface area contributed by atoms with Crippen LogP contribution in [-0.4, -0.2) is 11.9 Å². The first-order valence-electron chi connectivity index (χ1n) is 13.3. The summed E-state index contributed by atoms with van der Waals surface area (Å²) in [6.45, 7) is 2.20. The molecule has 0 N–H and O–H groups in total. The molecule has 5 nitrogen and oxygen atoms in total. The summed E-state index contributed by atoms with van der Waals surface area (Å²) in [4.78, 5) is 25.3. The summed E-state index contributed by atoms with van der Waals surface area (Å²) in [6.07, 6.45) is 6.97. The van der Waals surface area contributed by atoms with Crippen LogP contribution in [0.25, 0.3) is 11.1 Å². The number of benzene rings is 4. The molecule has 0 unspecified atom stereocenters. The molecule has 0 fully saturated rings. The highest BCUT2D eigenvalue weighted by molar-refractivity contribution is 5.92. The highest BCUT2D eigenvalue weighted by atomic mass is 16.5. The highest BCUT2D eigenvalue weighted by Gasteiger charge is 2.12. The highest BCUT2D eigenvalue weighted by Crippen LogP contribution is 2.24. The third-order valence-corrected chi connectivity index (χ3v) is 6.44. The maximum Gasteiger partial charge on any atom is 0.343 e. The number of ether oxygens (including phenoxy) is 2. The maximum atomic E-state index is 12.7. The smallest absolute Gasteiger partial charge is 0.343 e. The molecule has 0 aromatic heterocycles. The first kappa shape index (κ1) is 27.3. The number of carbonyl (C=O) groups is 2. The van der Waals surface area contributed by atoms with Crippen LogP contribution in [0.1, 0.15) is 70.9 Å². The van der Waals surface area contributed by atoms with Crippen molar-refractivity contribution in [3.63, 3.8) is 0 Å². The molecule has 196 valence electrons. The number of carbonyl (C=O) groups excluding carboxylic acids is 2. The molecule has 0 aliphatic heterocycles. The summed E-state index contributed by atoms with van der Waals surface area (Å²) in [5.74, 6) is -0.169. The van der Waals surface area contributed by atoms with E-state index in [1.807, 2.05) is 42.5 Å². The third kappa shape index (κ3) is 7.90. The van der Waals surface area contributed by atoms with Gasteiger partial charge in [-0.2, -0.15) is 5.26 Å². The molecule has 4 rings (SSSR count). The van der Waals surface area contributed by atoms with Crippen molar-refractivity contribution in [3.05, 3.63) is 119 Å². The zero-order chi connectivity index (χ0) is 27.5. The Bertz CT molecular complexity index is 1430. The van der Waals surface area contributed by atoms with Gasteiger partial charge in [0.1, 0.15) is 11.5 Å². The number of aryl methyl sites for hydroxylation is 1. The average molecular weight is 518 g/mol. The predicted octanol–water partition coefficient (Wildman–Crippen LogP) is 8.18. The Labute approximate surface area is 229 Å². The summed E-state index contributed by atoms with van der Waals surface area (Å²) >= 11 is 0. The van der Waals surface area contributed by atoms with Crippen LogP contribution in [0.15, 0.2) is 97.1 Å². The molecule has 5 heteroatoms. The predicted molar refractivity (Wildman–Crippen MR) is 152 cm³/mol. The van der Waals surface area contributed by atoms with Gasteiger partial charge in [0, 0.05) is 0 Å². The number of hydrogen-bond acceptors (Lipinski definition) is 5. The summed E-state index contributed by atoms with van der Waals surface area (Å²) in [5, 5.41) is 8.95. The first-order valence-corrected chi connectivity index (χ1v) is 13.3. The molecule has 0 spiro atoms. The minimum Gasteiger partial charge on any atom is -0.423 e. The molecular weight excluding hydrogens is 486 g/mol. The fourth-order valence-corrected chi connectivity index (χ4v) is 4.23. The van der Waals surface area contributed by atoms with E-state index in [2.05, 4.69) is 13.0 Å². The van der Waals surface area contributed by atoms with Crippen molar-refractivity contribution in [3.8, 4) is 28.7 Å². The molecule has 0 atom stereocenters. The summed E-state index contributed by atoms with van der Waals surface area (Å²) in [5.41, 5.74) is 4.49. The van der Waals surface area contributed by atoms with E-state index in [1.54, 1.807) is 54.6 Å². The lowest BCUT2D eigenvalue weighted by Gasteiger charge is -2.08. The molecule has 0 radical (unpaired) electrons. The van der Waals surface area contributed by atoms with Gasteiger partial charge in [-0.15, -0.1) is 0 Å². The van der Waals surface area contributed by atoms with Gasteiger partial charge in [-0.05, 0) is 90.2 Å². The molecule has 0 saturated heterocycles. The van der Waals surface area contributed by atoms with Crippen molar-refractivity contribution in [2.24, 2.45) is 0 Å². The van der Waals surface area contributed by atoms with Gasteiger partial charge in [0.05, 0.1) is 22.8 Å². The molecule has 0 amide bonds.